The summed E-state index contributed by atoms with van der Waals surface area (Å²) in [5, 5.41) is 0. The molecule has 180 valence electrons. The van der Waals surface area contributed by atoms with Crippen molar-refractivity contribution in [3.63, 3.8) is 0 Å². The molecule has 0 aromatic heterocycles. The Morgan fingerprint density at radius 2 is 1.06 bits per heavy atom. The van der Waals surface area contributed by atoms with E-state index < -0.39 is 106 Å². The fourth-order valence-electron chi connectivity index (χ4n) is 3.04. The van der Waals surface area contributed by atoms with Gasteiger partial charge in [-0.2, -0.15) is 13.2 Å². The third-order valence-electron chi connectivity index (χ3n) is 4.65. The van der Waals surface area contributed by atoms with Crippen molar-refractivity contribution in [2.45, 2.75) is 24.4 Å². The Hall–Kier alpha value is -2.84. The Morgan fingerprint density at radius 3 is 1.48 bits per heavy atom. The molecule has 0 aliphatic carbocycles. The van der Waals surface area contributed by atoms with Crippen LogP contribution in [0, 0.1) is 52.4 Å². The zero-order chi connectivity index (χ0) is 25.2. The van der Waals surface area contributed by atoms with Gasteiger partial charge in [-0.3, -0.25) is 4.79 Å². The molecule has 1 aliphatic rings. The molecule has 0 N–H and O–H groups in total. The van der Waals surface area contributed by atoms with E-state index in [0.29, 0.717) is 0 Å². The van der Waals surface area contributed by atoms with Gasteiger partial charge in [0.25, 0.3) is 0 Å². The van der Waals surface area contributed by atoms with Crippen LogP contribution in [0.15, 0.2) is 0 Å². The minimum absolute atomic E-state index is 0.495. The molecule has 33 heavy (non-hydrogen) atoms. The van der Waals surface area contributed by atoms with Crippen molar-refractivity contribution in [2.24, 2.45) is 0 Å². The van der Waals surface area contributed by atoms with E-state index in [-0.39, 0.29) is 0 Å². The van der Waals surface area contributed by atoms with Gasteiger partial charge < -0.3 is 4.74 Å². The largest absolute Gasteiger partial charge is 0.422 e. The number of hydrogen-bond donors (Lipinski definition) is 0. The number of carbonyl (C=O) groups excluding carboxylic acids is 1. The molecule has 0 amide bonds. The normalized spacial score (nSPS) is 17.8. The van der Waals surface area contributed by atoms with Crippen LogP contribution in [0.5, 0.6) is 0 Å². The molecule has 2 atom stereocenters. The number of halogens is 13. The fourth-order valence-corrected chi connectivity index (χ4v) is 3.04. The van der Waals surface area contributed by atoms with Crippen molar-refractivity contribution < 1.29 is 66.6 Å². The first-order valence-electron chi connectivity index (χ1n) is 8.36. The van der Waals surface area contributed by atoms with E-state index in [1.807, 2.05) is 0 Å². The summed E-state index contributed by atoms with van der Waals surface area (Å²) in [6.45, 7) is -0.495. The van der Waals surface area contributed by atoms with E-state index in [1.165, 1.54) is 0 Å². The Kier molecular flexibility index (Phi) is 5.92. The lowest BCUT2D eigenvalue weighted by molar-refractivity contribution is -0.143. The van der Waals surface area contributed by atoms with E-state index in [4.69, 9.17) is 0 Å². The van der Waals surface area contributed by atoms with Crippen LogP contribution in [0.4, 0.5) is 57.1 Å². The van der Waals surface area contributed by atoms with Gasteiger partial charge >= 0.3 is 6.18 Å². The van der Waals surface area contributed by atoms with Gasteiger partial charge in [0.1, 0.15) is 5.56 Å². The molecule has 0 radical (unpaired) electrons. The summed E-state index contributed by atoms with van der Waals surface area (Å²) >= 11 is 0. The molecule has 0 bridgehead atoms. The number of rotatable bonds is 5. The van der Waals surface area contributed by atoms with Gasteiger partial charge in [-0.1, -0.05) is 0 Å². The molecule has 15 heteroatoms. The quantitative estimate of drug-likeness (QED) is 0.171. The van der Waals surface area contributed by atoms with Crippen LogP contribution >= 0.6 is 0 Å². The van der Waals surface area contributed by atoms with Crippen LogP contribution in [-0.4, -0.2) is 18.5 Å². The van der Waals surface area contributed by atoms with Gasteiger partial charge in [-0.05, 0) is 0 Å². The minimum Gasteiger partial charge on any atom is -0.373 e. The lowest BCUT2D eigenvalue weighted by atomic mass is 9.82. The Balaban J connectivity index is 2.38. The summed E-state index contributed by atoms with van der Waals surface area (Å²) < 4.78 is 184. The van der Waals surface area contributed by atoms with E-state index in [1.54, 1.807) is 0 Å². The lowest BCUT2D eigenvalue weighted by Crippen LogP contribution is -2.38. The zero-order valence-electron chi connectivity index (χ0n) is 15.2. The first kappa shape index (κ1) is 24.8. The number of ketones is 1. The highest BCUT2D eigenvalue weighted by Crippen LogP contribution is 2.45. The number of hydrogen-bond acceptors (Lipinski definition) is 2. The number of Topliss-reactive ketones (excluding diaryl/α,β-unsaturated/α-hetero) is 1. The monoisotopic (exact) mass is 500 g/mol. The number of benzene rings is 2. The van der Waals surface area contributed by atoms with E-state index in [2.05, 4.69) is 4.74 Å². The minimum atomic E-state index is -6.12. The number of epoxide rings is 1. The Bertz CT molecular complexity index is 1140. The standard InChI is InChI=1S/C18H5F13O2/c19-7-4(8(20)12(24)11(23)6(7)18(29,30)31)16(32)17(28,1-3-2-33-3)5-9(21)13(25)15(27)14(26)10(5)22/h3H,1-2H2. The van der Waals surface area contributed by atoms with Crippen molar-refractivity contribution >= 4 is 5.78 Å². The van der Waals surface area contributed by atoms with Crippen LogP contribution < -0.4 is 0 Å². The first-order valence-corrected chi connectivity index (χ1v) is 8.36. The third-order valence-corrected chi connectivity index (χ3v) is 4.65. The van der Waals surface area contributed by atoms with Crippen LogP contribution in [0.2, 0.25) is 0 Å². The molecule has 1 heterocycles. The molecular formula is C18H5F13O2. The second-order valence-electron chi connectivity index (χ2n) is 6.74. The summed E-state index contributed by atoms with van der Waals surface area (Å²) in [6, 6.07) is 0. The maximum Gasteiger partial charge on any atom is 0.422 e. The molecule has 0 saturated carbocycles. The van der Waals surface area contributed by atoms with Crippen LogP contribution in [0.1, 0.15) is 27.9 Å². The molecule has 2 aromatic rings. The van der Waals surface area contributed by atoms with Gasteiger partial charge in [0.15, 0.2) is 46.5 Å². The molecular weight excluding hydrogens is 495 g/mol. The smallest absolute Gasteiger partial charge is 0.373 e. The van der Waals surface area contributed by atoms with E-state index >= 15 is 4.39 Å². The number of carbonyl (C=O) groups is 1. The summed E-state index contributed by atoms with van der Waals surface area (Å²) in [4.78, 5) is 12.6. The molecule has 3 rings (SSSR count). The van der Waals surface area contributed by atoms with Gasteiger partial charge in [0, 0.05) is 6.42 Å². The summed E-state index contributed by atoms with van der Waals surface area (Å²) in [6.07, 6.45) is -9.35. The second kappa shape index (κ2) is 7.88. The number of alkyl halides is 4. The summed E-state index contributed by atoms with van der Waals surface area (Å²) in [5.41, 5.74) is -13.3. The average molecular weight is 500 g/mol. The highest BCUT2D eigenvalue weighted by molar-refractivity contribution is 6.03. The molecule has 0 spiro atoms. The third kappa shape index (κ3) is 3.81. The molecule has 1 aliphatic heterocycles. The van der Waals surface area contributed by atoms with Gasteiger partial charge in [-0.25, -0.2) is 43.9 Å². The van der Waals surface area contributed by atoms with Gasteiger partial charge in [-0.15, -0.1) is 0 Å². The van der Waals surface area contributed by atoms with Crippen LogP contribution in [-0.2, 0) is 16.6 Å². The fraction of sp³-hybridized carbons (Fsp3) is 0.278. The van der Waals surface area contributed by atoms with Crippen molar-refractivity contribution in [3.05, 3.63) is 69.0 Å². The SMILES string of the molecule is O=C(c1c(F)c(F)c(F)c(C(F)(F)F)c1F)C(F)(CC1CO1)c1c(F)c(F)c(F)c(F)c1F. The highest BCUT2D eigenvalue weighted by atomic mass is 19.4. The molecule has 2 nitrogen and oxygen atoms in total. The van der Waals surface area contributed by atoms with Crippen molar-refractivity contribution in [1.29, 1.82) is 0 Å². The average Bonchev–Trinajstić information content (AvgIpc) is 3.52. The summed E-state index contributed by atoms with van der Waals surface area (Å²) in [7, 11) is 0. The molecule has 1 fully saturated rings. The van der Waals surface area contributed by atoms with Gasteiger partial charge in [0.05, 0.1) is 23.8 Å². The van der Waals surface area contributed by atoms with Gasteiger partial charge in [0.2, 0.25) is 17.3 Å². The topological polar surface area (TPSA) is 29.6 Å². The first-order chi connectivity index (χ1) is 15.1. The molecule has 1 saturated heterocycles. The number of ether oxygens (including phenoxy) is 1. The van der Waals surface area contributed by atoms with Crippen LogP contribution in [0.3, 0.4) is 0 Å². The lowest BCUT2D eigenvalue weighted by Gasteiger charge is -2.26. The molecule has 2 aromatic carbocycles. The van der Waals surface area contributed by atoms with Crippen LogP contribution in [0.25, 0.3) is 0 Å². The molecule has 2 unspecified atom stereocenters. The van der Waals surface area contributed by atoms with Crippen molar-refractivity contribution in [1.82, 2.24) is 0 Å². The van der Waals surface area contributed by atoms with Crippen molar-refractivity contribution in [2.75, 3.05) is 6.61 Å². The maximum atomic E-state index is 15.7. The van der Waals surface area contributed by atoms with Crippen molar-refractivity contribution in [3.8, 4) is 0 Å². The predicted octanol–water partition coefficient (Wildman–Crippen LogP) is 5.79. The predicted molar refractivity (Wildman–Crippen MR) is 79.0 cm³/mol. The van der Waals surface area contributed by atoms with E-state index in [9.17, 15) is 57.5 Å². The zero-order valence-corrected chi connectivity index (χ0v) is 15.2. The van der Waals surface area contributed by atoms with E-state index in [0.717, 1.165) is 0 Å². The summed E-state index contributed by atoms with van der Waals surface area (Å²) in [5.74, 6) is -30.0. The Labute approximate surface area is 173 Å². The maximum absolute atomic E-state index is 15.7. The highest BCUT2D eigenvalue weighted by Gasteiger charge is 2.54. The Morgan fingerprint density at radius 1 is 0.667 bits per heavy atom. The second-order valence-corrected chi connectivity index (χ2v) is 6.74.